The molecular formula is C54H68. The normalized spacial score (nSPS) is 16.3. The van der Waals surface area contributed by atoms with Gasteiger partial charge in [-0.05, 0) is 176 Å². The number of aryl methyl sites for hydroxylation is 2. The average molecular weight is 717 g/mol. The van der Waals surface area contributed by atoms with Gasteiger partial charge < -0.3 is 0 Å². The molecule has 0 N–H and O–H groups in total. The molecule has 4 aromatic carbocycles. The highest BCUT2D eigenvalue weighted by atomic mass is 14.3. The highest BCUT2D eigenvalue weighted by Gasteiger charge is 2.29. The Morgan fingerprint density at radius 1 is 0.389 bits per heavy atom. The summed E-state index contributed by atoms with van der Waals surface area (Å²) in [6, 6.07) is 19.8. The fraction of sp³-hybridized carbons (Fsp3) is 0.481. The Morgan fingerprint density at radius 2 is 0.815 bits per heavy atom. The molecular weight excluding hydrogens is 649 g/mol. The number of fused-ring (bicyclic) bond motifs is 4. The smallest absolute Gasteiger partial charge is 0.00543 e. The van der Waals surface area contributed by atoms with Crippen LogP contribution < -0.4 is 0 Å². The standard InChI is InChI=1S/2C27H34/c2*1-17-11-19-13-18-9-8-10-23(18)25(24(19)12-17)20-14-21(26(2,3)4)16-22(15-20)27(5,6)7/h12-16H,8-11H2,1-7H3;11,13-16H,8-10,12H2,1-7H3. The van der Waals surface area contributed by atoms with Crippen LogP contribution in [0.5, 0.6) is 0 Å². The summed E-state index contributed by atoms with van der Waals surface area (Å²) in [4.78, 5) is 0. The van der Waals surface area contributed by atoms with E-state index in [0.29, 0.717) is 0 Å². The van der Waals surface area contributed by atoms with E-state index >= 15 is 0 Å². The van der Waals surface area contributed by atoms with Crippen molar-refractivity contribution in [1.29, 1.82) is 0 Å². The predicted molar refractivity (Wildman–Crippen MR) is 237 cm³/mol. The molecule has 0 aromatic heterocycles. The van der Waals surface area contributed by atoms with Crippen molar-refractivity contribution < 1.29 is 0 Å². The molecule has 54 heavy (non-hydrogen) atoms. The van der Waals surface area contributed by atoms with Gasteiger partial charge in [0.15, 0.2) is 0 Å². The van der Waals surface area contributed by atoms with E-state index in [-0.39, 0.29) is 21.7 Å². The van der Waals surface area contributed by atoms with Gasteiger partial charge in [-0.2, -0.15) is 0 Å². The first-order chi connectivity index (χ1) is 25.1. The number of allylic oxidation sites excluding steroid dienone is 2. The first kappa shape index (κ1) is 38.6. The Kier molecular flexibility index (Phi) is 9.68. The van der Waals surface area contributed by atoms with Crippen LogP contribution in [-0.2, 0) is 60.2 Å². The lowest BCUT2D eigenvalue weighted by Gasteiger charge is -2.27. The topological polar surface area (TPSA) is 0 Å². The number of hydrogen-bond acceptors (Lipinski definition) is 0. The SMILES string of the molecule is CC1=Cc2c(cc3c(c2-c2cc(C(C)(C)C)cc(C(C)(C)C)c2)CCC3)C1.CC1=Cc2cc3c(c(-c4cc(C(C)(C)C)cc(C(C)(C)C)c4)c2C1)CCC3. The Labute approximate surface area is 329 Å². The third-order valence-corrected chi connectivity index (χ3v) is 12.7. The molecule has 0 atom stereocenters. The minimum Gasteiger partial charge on any atom is -0.0683 e. The molecule has 8 rings (SSSR count). The molecule has 0 unspecified atom stereocenters. The van der Waals surface area contributed by atoms with Crippen molar-refractivity contribution in [2.45, 2.75) is 170 Å². The van der Waals surface area contributed by atoms with E-state index in [4.69, 9.17) is 0 Å². The van der Waals surface area contributed by atoms with Crippen LogP contribution in [0.3, 0.4) is 0 Å². The van der Waals surface area contributed by atoms with Crippen LogP contribution >= 0.6 is 0 Å². The summed E-state index contributed by atoms with van der Waals surface area (Å²) in [7, 11) is 0. The Balaban J connectivity index is 0.000000167. The largest absolute Gasteiger partial charge is 0.0683 e. The molecule has 0 spiro atoms. The van der Waals surface area contributed by atoms with Crippen LogP contribution in [-0.4, -0.2) is 0 Å². The number of benzene rings is 4. The summed E-state index contributed by atoms with van der Waals surface area (Å²) in [5.41, 5.74) is 27.9. The fourth-order valence-corrected chi connectivity index (χ4v) is 9.41. The van der Waals surface area contributed by atoms with E-state index in [1.807, 2.05) is 0 Å². The minimum absolute atomic E-state index is 0.156. The minimum atomic E-state index is 0.156. The van der Waals surface area contributed by atoms with E-state index in [9.17, 15) is 0 Å². The second kappa shape index (κ2) is 13.5. The van der Waals surface area contributed by atoms with Gasteiger partial charge >= 0.3 is 0 Å². The lowest BCUT2D eigenvalue weighted by Crippen LogP contribution is -2.16. The van der Waals surface area contributed by atoms with Crippen molar-refractivity contribution in [3.8, 4) is 22.3 Å². The van der Waals surface area contributed by atoms with Gasteiger partial charge in [-0.15, -0.1) is 0 Å². The molecule has 0 nitrogen and oxygen atoms in total. The van der Waals surface area contributed by atoms with Crippen molar-refractivity contribution in [3.05, 3.63) is 126 Å². The van der Waals surface area contributed by atoms with E-state index in [2.05, 4.69) is 158 Å². The van der Waals surface area contributed by atoms with E-state index in [1.54, 1.807) is 38.9 Å². The molecule has 0 amide bonds. The van der Waals surface area contributed by atoms with Crippen LogP contribution in [0.25, 0.3) is 34.4 Å². The van der Waals surface area contributed by atoms with Crippen molar-refractivity contribution in [3.63, 3.8) is 0 Å². The molecule has 0 bridgehead atoms. The molecule has 0 aliphatic heterocycles. The predicted octanol–water partition coefficient (Wildman–Crippen LogP) is 14.8. The van der Waals surface area contributed by atoms with E-state index < -0.39 is 0 Å². The van der Waals surface area contributed by atoms with Crippen molar-refractivity contribution >= 4 is 12.2 Å². The number of hydrogen-bond donors (Lipinski definition) is 0. The molecule has 0 radical (unpaired) electrons. The maximum atomic E-state index is 2.51. The first-order valence-electron chi connectivity index (χ1n) is 21.1. The zero-order valence-electron chi connectivity index (χ0n) is 36.4. The maximum Gasteiger partial charge on any atom is -0.00543 e. The van der Waals surface area contributed by atoms with Gasteiger partial charge in [0, 0.05) is 0 Å². The maximum absolute atomic E-state index is 2.51. The van der Waals surface area contributed by atoms with E-state index in [0.717, 1.165) is 12.8 Å². The van der Waals surface area contributed by atoms with Crippen LogP contribution in [0, 0.1) is 0 Å². The quantitative estimate of drug-likeness (QED) is 0.194. The summed E-state index contributed by atoms with van der Waals surface area (Å²) in [6.07, 6.45) is 14.7. The van der Waals surface area contributed by atoms with E-state index in [1.165, 1.54) is 99.7 Å². The second-order valence-corrected chi connectivity index (χ2v) is 21.6. The van der Waals surface area contributed by atoms with Crippen molar-refractivity contribution in [2.24, 2.45) is 0 Å². The molecule has 0 fully saturated rings. The monoisotopic (exact) mass is 717 g/mol. The summed E-state index contributed by atoms with van der Waals surface area (Å²) in [6.45, 7) is 32.6. The van der Waals surface area contributed by atoms with Crippen LogP contribution in [0.4, 0.5) is 0 Å². The molecule has 4 aliphatic rings. The summed E-state index contributed by atoms with van der Waals surface area (Å²) in [5.74, 6) is 0. The van der Waals surface area contributed by atoms with Crippen LogP contribution in [0.1, 0.15) is 177 Å². The highest BCUT2D eigenvalue weighted by Crippen LogP contribution is 2.46. The summed E-state index contributed by atoms with van der Waals surface area (Å²) < 4.78 is 0. The lowest BCUT2D eigenvalue weighted by atomic mass is 9.77. The third-order valence-electron chi connectivity index (χ3n) is 12.7. The Bertz CT molecular complexity index is 2130. The Morgan fingerprint density at radius 3 is 1.30 bits per heavy atom. The summed E-state index contributed by atoms with van der Waals surface area (Å²) >= 11 is 0. The van der Waals surface area contributed by atoms with Crippen LogP contribution in [0.15, 0.2) is 59.7 Å². The van der Waals surface area contributed by atoms with Crippen molar-refractivity contribution in [1.82, 2.24) is 0 Å². The van der Waals surface area contributed by atoms with Gasteiger partial charge in [0.25, 0.3) is 0 Å². The summed E-state index contributed by atoms with van der Waals surface area (Å²) in [5, 5.41) is 0. The first-order valence-corrected chi connectivity index (χ1v) is 21.1. The molecule has 0 saturated carbocycles. The zero-order valence-corrected chi connectivity index (χ0v) is 36.4. The number of rotatable bonds is 2. The van der Waals surface area contributed by atoms with Gasteiger partial charge in [-0.25, -0.2) is 0 Å². The third kappa shape index (κ3) is 7.49. The van der Waals surface area contributed by atoms with Gasteiger partial charge in [-0.3, -0.25) is 0 Å². The lowest BCUT2D eigenvalue weighted by molar-refractivity contribution is 0.568. The molecule has 0 saturated heterocycles. The van der Waals surface area contributed by atoms with Gasteiger partial charge in [-0.1, -0.05) is 155 Å². The van der Waals surface area contributed by atoms with Crippen molar-refractivity contribution in [2.75, 3.05) is 0 Å². The molecule has 4 aromatic rings. The Hall–Kier alpha value is -3.64. The highest BCUT2D eigenvalue weighted by molar-refractivity contribution is 5.85. The van der Waals surface area contributed by atoms with Crippen LogP contribution in [0.2, 0.25) is 0 Å². The molecule has 284 valence electrons. The molecule has 0 heterocycles. The molecule has 0 heteroatoms. The second-order valence-electron chi connectivity index (χ2n) is 21.6. The average Bonchev–Trinajstić information content (AvgIpc) is 3.86. The van der Waals surface area contributed by atoms with Gasteiger partial charge in [0.1, 0.15) is 0 Å². The van der Waals surface area contributed by atoms with Gasteiger partial charge in [0.2, 0.25) is 0 Å². The molecule has 4 aliphatic carbocycles. The fourth-order valence-electron chi connectivity index (χ4n) is 9.41. The van der Waals surface area contributed by atoms with Gasteiger partial charge in [0.05, 0.1) is 0 Å². The zero-order chi connectivity index (χ0) is 39.1.